The van der Waals surface area contributed by atoms with Crippen molar-refractivity contribution in [2.24, 2.45) is 0 Å². The Bertz CT molecular complexity index is 822. The van der Waals surface area contributed by atoms with Gasteiger partial charge in [0.05, 0.1) is 5.56 Å². The lowest BCUT2D eigenvalue weighted by Crippen LogP contribution is -2.30. The van der Waals surface area contributed by atoms with Crippen LogP contribution >= 0.6 is 11.6 Å². The van der Waals surface area contributed by atoms with Crippen molar-refractivity contribution in [2.75, 3.05) is 13.2 Å². The van der Waals surface area contributed by atoms with Gasteiger partial charge in [0.25, 0.3) is 11.8 Å². The fourth-order valence-corrected chi connectivity index (χ4v) is 2.66. The van der Waals surface area contributed by atoms with Gasteiger partial charge >= 0.3 is 0 Å². The highest BCUT2D eigenvalue weighted by Gasteiger charge is 2.23. The van der Waals surface area contributed by atoms with Crippen molar-refractivity contribution >= 4 is 23.4 Å². The number of nitrogens with one attached hydrogen (secondary N) is 2. The number of amides is 2. The lowest BCUT2D eigenvalue weighted by Gasteiger charge is -2.09. The fraction of sp³-hybridized carbons (Fsp3) is 0.300. The molecule has 0 aliphatic heterocycles. The molecule has 27 heavy (non-hydrogen) atoms. The zero-order valence-corrected chi connectivity index (χ0v) is 15.4. The van der Waals surface area contributed by atoms with Crippen LogP contribution in [0.15, 0.2) is 42.5 Å². The highest BCUT2D eigenvalue weighted by Crippen LogP contribution is 2.18. The summed E-state index contributed by atoms with van der Waals surface area (Å²) in [4.78, 5) is 23.6. The van der Waals surface area contributed by atoms with E-state index < -0.39 is 11.7 Å². The van der Waals surface area contributed by atoms with Crippen molar-refractivity contribution in [2.45, 2.75) is 25.3 Å². The van der Waals surface area contributed by atoms with E-state index in [4.69, 9.17) is 16.3 Å². The van der Waals surface area contributed by atoms with Gasteiger partial charge in [-0.15, -0.1) is 0 Å². The Labute approximate surface area is 161 Å². The Hall–Kier alpha value is -2.60. The molecule has 0 atom stereocenters. The van der Waals surface area contributed by atoms with E-state index in [1.165, 1.54) is 18.2 Å². The van der Waals surface area contributed by atoms with Gasteiger partial charge in [-0.25, -0.2) is 4.39 Å². The second-order valence-corrected chi connectivity index (χ2v) is 6.84. The molecule has 142 valence electrons. The molecule has 0 spiro atoms. The summed E-state index contributed by atoms with van der Waals surface area (Å²) < 4.78 is 19.1. The largest absolute Gasteiger partial charge is 0.484 e. The molecule has 2 aromatic rings. The molecule has 0 unspecified atom stereocenters. The normalized spacial score (nSPS) is 13.1. The predicted octanol–water partition coefficient (Wildman–Crippen LogP) is 3.11. The third-order valence-electron chi connectivity index (χ3n) is 4.11. The van der Waals surface area contributed by atoms with Crippen LogP contribution in [-0.2, 0) is 11.2 Å². The second kappa shape index (κ2) is 8.86. The van der Waals surface area contributed by atoms with E-state index in [0.29, 0.717) is 29.8 Å². The Morgan fingerprint density at radius 3 is 2.59 bits per heavy atom. The number of rotatable bonds is 8. The highest BCUT2D eigenvalue weighted by molar-refractivity contribution is 6.31. The predicted molar refractivity (Wildman–Crippen MR) is 101 cm³/mol. The molecule has 3 rings (SSSR count). The minimum Gasteiger partial charge on any atom is -0.484 e. The number of halogens is 2. The first-order chi connectivity index (χ1) is 13.0. The van der Waals surface area contributed by atoms with E-state index in [1.807, 2.05) is 12.1 Å². The maximum absolute atomic E-state index is 13.7. The maximum Gasteiger partial charge on any atom is 0.258 e. The molecule has 1 saturated carbocycles. The maximum atomic E-state index is 13.7. The van der Waals surface area contributed by atoms with Crippen molar-refractivity contribution in [3.8, 4) is 5.75 Å². The van der Waals surface area contributed by atoms with Gasteiger partial charge in [-0.05, 0) is 55.2 Å². The van der Waals surface area contributed by atoms with Gasteiger partial charge in [0, 0.05) is 17.6 Å². The molecule has 1 aliphatic carbocycles. The first-order valence-electron chi connectivity index (χ1n) is 8.75. The zero-order chi connectivity index (χ0) is 19.2. The molecule has 0 bridgehead atoms. The van der Waals surface area contributed by atoms with Gasteiger partial charge < -0.3 is 15.4 Å². The van der Waals surface area contributed by atoms with Crippen molar-refractivity contribution < 1.29 is 18.7 Å². The van der Waals surface area contributed by atoms with Crippen LogP contribution in [0.2, 0.25) is 5.02 Å². The average Bonchev–Trinajstić information content (AvgIpc) is 3.47. The van der Waals surface area contributed by atoms with E-state index in [-0.39, 0.29) is 18.1 Å². The van der Waals surface area contributed by atoms with E-state index >= 15 is 0 Å². The number of ether oxygens (including phenoxy) is 1. The quantitative estimate of drug-likeness (QED) is 0.727. The minimum absolute atomic E-state index is 0.00287. The number of benzene rings is 2. The lowest BCUT2D eigenvalue weighted by molar-refractivity contribution is -0.123. The van der Waals surface area contributed by atoms with Crippen LogP contribution in [0.3, 0.4) is 0 Å². The number of hydrogen-bond donors (Lipinski definition) is 2. The van der Waals surface area contributed by atoms with Crippen molar-refractivity contribution in [1.29, 1.82) is 0 Å². The topological polar surface area (TPSA) is 67.4 Å². The minimum atomic E-state index is -0.607. The van der Waals surface area contributed by atoms with Crippen LogP contribution in [0.4, 0.5) is 4.39 Å². The molecule has 1 aliphatic rings. The molecular formula is C20H20ClFN2O3. The molecule has 2 aromatic carbocycles. The summed E-state index contributed by atoms with van der Waals surface area (Å²) in [5.41, 5.74) is 0.910. The zero-order valence-electron chi connectivity index (χ0n) is 14.6. The second-order valence-electron chi connectivity index (χ2n) is 6.40. The Morgan fingerprint density at radius 2 is 1.89 bits per heavy atom. The third kappa shape index (κ3) is 5.96. The summed E-state index contributed by atoms with van der Waals surface area (Å²) in [5, 5.41) is 5.84. The molecule has 7 heteroatoms. The molecule has 2 amide bonds. The van der Waals surface area contributed by atoms with Crippen molar-refractivity contribution in [1.82, 2.24) is 10.6 Å². The standard InChI is InChI=1S/C20H20ClFN2O3/c21-14-3-8-18(22)17(11-14)20(26)23-10-9-13-1-6-16(7-2-13)27-12-19(25)24-15-4-5-15/h1-3,6-8,11,15H,4-5,9-10,12H2,(H,23,26)(H,24,25). The van der Waals surface area contributed by atoms with Crippen LogP contribution in [0.25, 0.3) is 0 Å². The number of carbonyl (C=O) groups is 2. The van der Waals surface area contributed by atoms with Gasteiger partial charge in [-0.1, -0.05) is 23.7 Å². The summed E-state index contributed by atoms with van der Waals surface area (Å²) in [6.45, 7) is 0.353. The molecule has 1 fully saturated rings. The monoisotopic (exact) mass is 390 g/mol. The molecule has 2 N–H and O–H groups in total. The fourth-order valence-electron chi connectivity index (χ4n) is 2.49. The molecule has 5 nitrogen and oxygen atoms in total. The smallest absolute Gasteiger partial charge is 0.258 e. The van der Waals surface area contributed by atoms with E-state index in [1.54, 1.807) is 12.1 Å². The molecule has 0 saturated heterocycles. The summed E-state index contributed by atoms with van der Waals surface area (Å²) in [5.74, 6) is -0.618. The number of hydrogen-bond acceptors (Lipinski definition) is 3. The summed E-state index contributed by atoms with van der Waals surface area (Å²) in [6, 6.07) is 11.5. The van der Waals surface area contributed by atoms with Gasteiger partial charge in [-0.2, -0.15) is 0 Å². The highest BCUT2D eigenvalue weighted by atomic mass is 35.5. The third-order valence-corrected chi connectivity index (χ3v) is 4.34. The van der Waals surface area contributed by atoms with Crippen molar-refractivity contribution in [3.05, 3.63) is 64.4 Å². The van der Waals surface area contributed by atoms with E-state index in [0.717, 1.165) is 18.4 Å². The van der Waals surface area contributed by atoms with Gasteiger partial charge in [0.2, 0.25) is 0 Å². The van der Waals surface area contributed by atoms with Crippen LogP contribution in [0, 0.1) is 5.82 Å². The first kappa shape index (κ1) is 19.2. The molecule has 0 aromatic heterocycles. The van der Waals surface area contributed by atoms with E-state index in [2.05, 4.69) is 10.6 Å². The van der Waals surface area contributed by atoms with Crippen LogP contribution in [0.1, 0.15) is 28.8 Å². The SMILES string of the molecule is O=C(COc1ccc(CCNC(=O)c2cc(Cl)ccc2F)cc1)NC1CC1. The Morgan fingerprint density at radius 1 is 1.15 bits per heavy atom. The molecular weight excluding hydrogens is 371 g/mol. The van der Waals surface area contributed by atoms with Crippen LogP contribution in [0.5, 0.6) is 5.75 Å². The molecule has 0 heterocycles. The van der Waals surface area contributed by atoms with Crippen LogP contribution < -0.4 is 15.4 Å². The van der Waals surface area contributed by atoms with Gasteiger partial charge in [0.1, 0.15) is 11.6 Å². The molecule has 0 radical (unpaired) electrons. The van der Waals surface area contributed by atoms with E-state index in [9.17, 15) is 14.0 Å². The lowest BCUT2D eigenvalue weighted by atomic mass is 10.1. The van der Waals surface area contributed by atoms with Crippen LogP contribution in [-0.4, -0.2) is 31.0 Å². The summed E-state index contributed by atoms with van der Waals surface area (Å²) >= 11 is 5.80. The Balaban J connectivity index is 1.42. The summed E-state index contributed by atoms with van der Waals surface area (Å²) in [6.07, 6.45) is 2.66. The Kier molecular flexibility index (Phi) is 6.29. The first-order valence-corrected chi connectivity index (χ1v) is 9.13. The van der Waals surface area contributed by atoms with Gasteiger partial charge in [0.15, 0.2) is 6.61 Å². The van der Waals surface area contributed by atoms with Crippen molar-refractivity contribution in [3.63, 3.8) is 0 Å². The average molecular weight is 391 g/mol. The summed E-state index contributed by atoms with van der Waals surface area (Å²) in [7, 11) is 0. The number of carbonyl (C=O) groups excluding carboxylic acids is 2. The van der Waals surface area contributed by atoms with Gasteiger partial charge in [-0.3, -0.25) is 9.59 Å².